The standard InChI is InChI=1S/C23H25N5O3S/c1-4-16-9-11-17(12-10-16)24-20(29)14-32-23-26-25-22(27(23)3)15(2)28-18-7-5-6-8-19(18)31-13-21(28)30/h5-12,15H,4,13-14H2,1-3H3,(H,24,29). The molecular weight excluding hydrogens is 426 g/mol. The van der Waals surface area contributed by atoms with Gasteiger partial charge in [0, 0.05) is 12.7 Å². The molecule has 2 heterocycles. The Hall–Kier alpha value is -3.33. The fourth-order valence-corrected chi connectivity index (χ4v) is 4.35. The second-order valence-electron chi connectivity index (χ2n) is 7.48. The number of nitrogens with zero attached hydrogens (tertiary/aromatic N) is 4. The zero-order valence-corrected chi connectivity index (χ0v) is 19.1. The fraction of sp³-hybridized carbons (Fsp3) is 0.304. The van der Waals surface area contributed by atoms with Gasteiger partial charge in [-0.1, -0.05) is 43.0 Å². The van der Waals surface area contributed by atoms with Gasteiger partial charge in [-0.3, -0.25) is 14.5 Å². The van der Waals surface area contributed by atoms with Gasteiger partial charge < -0.3 is 14.6 Å². The van der Waals surface area contributed by atoms with Crippen LogP contribution in [0, 0.1) is 0 Å². The van der Waals surface area contributed by atoms with Crippen LogP contribution >= 0.6 is 11.8 Å². The van der Waals surface area contributed by atoms with Crippen molar-refractivity contribution in [1.29, 1.82) is 0 Å². The highest BCUT2D eigenvalue weighted by Crippen LogP contribution is 2.37. The number of hydrogen-bond acceptors (Lipinski definition) is 6. The Balaban J connectivity index is 1.43. The Labute approximate surface area is 191 Å². The molecule has 1 N–H and O–H groups in total. The molecule has 0 radical (unpaired) electrons. The molecule has 32 heavy (non-hydrogen) atoms. The summed E-state index contributed by atoms with van der Waals surface area (Å²) in [5.74, 6) is 1.25. The van der Waals surface area contributed by atoms with Gasteiger partial charge in [-0.15, -0.1) is 10.2 Å². The average molecular weight is 452 g/mol. The topological polar surface area (TPSA) is 89.3 Å². The number of benzene rings is 2. The van der Waals surface area contributed by atoms with Crippen molar-refractivity contribution < 1.29 is 14.3 Å². The van der Waals surface area contributed by atoms with E-state index in [4.69, 9.17) is 4.74 Å². The lowest BCUT2D eigenvalue weighted by atomic mass is 10.1. The number of rotatable bonds is 7. The van der Waals surface area contributed by atoms with Crippen LogP contribution in [0.15, 0.2) is 53.7 Å². The van der Waals surface area contributed by atoms with Crippen LogP contribution in [0.5, 0.6) is 5.75 Å². The lowest BCUT2D eigenvalue weighted by Crippen LogP contribution is -2.41. The SMILES string of the molecule is CCc1ccc(NC(=O)CSc2nnc(C(C)N3C(=O)COc4ccccc43)n2C)cc1. The Morgan fingerprint density at radius 1 is 1.19 bits per heavy atom. The van der Waals surface area contributed by atoms with E-state index in [2.05, 4.69) is 22.4 Å². The number of amides is 2. The Bertz CT molecular complexity index is 1130. The van der Waals surface area contributed by atoms with Gasteiger partial charge in [0.15, 0.2) is 17.6 Å². The van der Waals surface area contributed by atoms with Crippen LogP contribution in [-0.4, -0.2) is 38.9 Å². The van der Waals surface area contributed by atoms with Crippen molar-refractivity contribution in [1.82, 2.24) is 14.8 Å². The van der Waals surface area contributed by atoms with E-state index in [0.717, 1.165) is 12.1 Å². The average Bonchev–Trinajstić information content (AvgIpc) is 3.18. The second kappa shape index (κ2) is 9.44. The summed E-state index contributed by atoms with van der Waals surface area (Å²) in [6, 6.07) is 14.9. The van der Waals surface area contributed by atoms with Crippen LogP contribution in [0.4, 0.5) is 11.4 Å². The highest BCUT2D eigenvalue weighted by molar-refractivity contribution is 7.99. The Kier molecular flexibility index (Phi) is 6.45. The van der Waals surface area contributed by atoms with Gasteiger partial charge >= 0.3 is 0 Å². The van der Waals surface area contributed by atoms with E-state index < -0.39 is 0 Å². The number of aromatic nitrogens is 3. The van der Waals surface area contributed by atoms with E-state index in [9.17, 15) is 9.59 Å². The summed E-state index contributed by atoms with van der Waals surface area (Å²) in [5.41, 5.74) is 2.70. The summed E-state index contributed by atoms with van der Waals surface area (Å²) >= 11 is 1.30. The maximum absolute atomic E-state index is 12.6. The summed E-state index contributed by atoms with van der Waals surface area (Å²) in [6.07, 6.45) is 0.957. The van der Waals surface area contributed by atoms with Gasteiger partial charge in [-0.25, -0.2) is 0 Å². The van der Waals surface area contributed by atoms with Crippen LogP contribution < -0.4 is 15.0 Å². The number of aryl methyl sites for hydroxylation is 1. The molecule has 166 valence electrons. The number of hydrogen-bond donors (Lipinski definition) is 1. The van der Waals surface area contributed by atoms with Gasteiger partial charge in [0.2, 0.25) is 5.91 Å². The van der Waals surface area contributed by atoms with Crippen LogP contribution in [0.2, 0.25) is 0 Å². The third kappa shape index (κ3) is 4.47. The predicted octanol–water partition coefficient (Wildman–Crippen LogP) is 3.59. The van der Waals surface area contributed by atoms with E-state index in [1.165, 1.54) is 17.3 Å². The van der Waals surface area contributed by atoms with Gasteiger partial charge in [0.25, 0.3) is 5.91 Å². The molecule has 1 atom stereocenters. The Morgan fingerprint density at radius 2 is 1.94 bits per heavy atom. The van der Waals surface area contributed by atoms with E-state index in [1.54, 1.807) is 4.90 Å². The molecule has 3 aromatic rings. The van der Waals surface area contributed by atoms with Crippen LogP contribution in [0.3, 0.4) is 0 Å². The summed E-state index contributed by atoms with van der Waals surface area (Å²) in [5, 5.41) is 12.1. The molecule has 0 bridgehead atoms. The van der Waals surface area contributed by atoms with Crippen molar-refractivity contribution in [2.24, 2.45) is 7.05 Å². The van der Waals surface area contributed by atoms with E-state index in [-0.39, 0.29) is 30.2 Å². The number of fused-ring (bicyclic) bond motifs is 1. The van der Waals surface area contributed by atoms with Gasteiger partial charge in [0.1, 0.15) is 5.75 Å². The number of thioether (sulfide) groups is 1. The van der Waals surface area contributed by atoms with Crippen molar-refractivity contribution in [2.45, 2.75) is 31.5 Å². The zero-order valence-electron chi connectivity index (χ0n) is 18.2. The first-order valence-electron chi connectivity index (χ1n) is 10.4. The summed E-state index contributed by atoms with van der Waals surface area (Å²) in [4.78, 5) is 26.7. The summed E-state index contributed by atoms with van der Waals surface area (Å²) in [7, 11) is 1.84. The zero-order chi connectivity index (χ0) is 22.7. The summed E-state index contributed by atoms with van der Waals surface area (Å²) in [6.45, 7) is 3.99. The maximum atomic E-state index is 12.6. The monoisotopic (exact) mass is 451 g/mol. The highest BCUT2D eigenvalue weighted by atomic mass is 32.2. The third-order valence-electron chi connectivity index (χ3n) is 5.35. The van der Waals surface area contributed by atoms with Crippen LogP contribution in [-0.2, 0) is 23.1 Å². The molecule has 1 unspecified atom stereocenters. The van der Waals surface area contributed by atoms with Gasteiger partial charge in [-0.05, 0) is 43.2 Å². The quantitative estimate of drug-likeness (QED) is 0.552. The molecule has 4 rings (SSSR count). The molecule has 0 saturated heterocycles. The first-order chi connectivity index (χ1) is 15.5. The molecule has 8 nitrogen and oxygen atoms in total. The highest BCUT2D eigenvalue weighted by Gasteiger charge is 2.32. The number of carbonyl (C=O) groups is 2. The molecule has 0 fully saturated rings. The van der Waals surface area contributed by atoms with Crippen LogP contribution in [0.1, 0.15) is 31.3 Å². The lowest BCUT2D eigenvalue weighted by Gasteiger charge is -2.33. The molecule has 1 aliphatic heterocycles. The predicted molar refractivity (Wildman–Crippen MR) is 124 cm³/mol. The smallest absolute Gasteiger partial charge is 0.265 e. The maximum Gasteiger partial charge on any atom is 0.265 e. The molecule has 0 aliphatic carbocycles. The largest absolute Gasteiger partial charge is 0.482 e. The molecule has 2 amide bonds. The van der Waals surface area contributed by atoms with Crippen molar-refractivity contribution >= 4 is 35.0 Å². The number of carbonyl (C=O) groups excluding carboxylic acids is 2. The Morgan fingerprint density at radius 3 is 2.69 bits per heavy atom. The molecule has 1 aliphatic rings. The van der Waals surface area contributed by atoms with Crippen molar-refractivity contribution in [3.8, 4) is 5.75 Å². The number of anilines is 2. The lowest BCUT2D eigenvalue weighted by molar-refractivity contribution is -0.121. The van der Waals surface area contributed by atoms with E-state index in [0.29, 0.717) is 22.4 Å². The molecule has 2 aromatic carbocycles. The van der Waals surface area contributed by atoms with Gasteiger partial charge in [-0.2, -0.15) is 0 Å². The molecule has 9 heteroatoms. The minimum atomic E-state index is -0.342. The number of ether oxygens (including phenoxy) is 1. The normalized spacial score (nSPS) is 14.0. The summed E-state index contributed by atoms with van der Waals surface area (Å²) < 4.78 is 7.35. The molecule has 0 spiro atoms. The van der Waals surface area contributed by atoms with E-state index in [1.807, 2.05) is 67.1 Å². The minimum Gasteiger partial charge on any atom is -0.482 e. The van der Waals surface area contributed by atoms with Crippen LogP contribution in [0.25, 0.3) is 0 Å². The van der Waals surface area contributed by atoms with Crippen molar-refractivity contribution in [3.63, 3.8) is 0 Å². The number of para-hydroxylation sites is 2. The van der Waals surface area contributed by atoms with E-state index >= 15 is 0 Å². The van der Waals surface area contributed by atoms with Crippen molar-refractivity contribution in [3.05, 3.63) is 59.9 Å². The van der Waals surface area contributed by atoms with Crippen molar-refractivity contribution in [2.75, 3.05) is 22.6 Å². The molecule has 1 aromatic heterocycles. The first kappa shape index (κ1) is 21.9. The third-order valence-corrected chi connectivity index (χ3v) is 6.37. The number of nitrogens with one attached hydrogen (secondary N) is 1. The first-order valence-corrected chi connectivity index (χ1v) is 11.4. The molecule has 0 saturated carbocycles. The fourth-order valence-electron chi connectivity index (χ4n) is 3.63. The second-order valence-corrected chi connectivity index (χ2v) is 8.43. The minimum absolute atomic E-state index is 0.0137. The van der Waals surface area contributed by atoms with Gasteiger partial charge in [0.05, 0.1) is 17.5 Å². The molecular formula is C23H25N5O3S.